The number of thiophene rings is 1. The van der Waals surface area contributed by atoms with Crippen LogP contribution >= 0.6 is 34.5 Å². The van der Waals surface area contributed by atoms with Crippen molar-refractivity contribution in [1.82, 2.24) is 4.90 Å². The van der Waals surface area contributed by atoms with Gasteiger partial charge in [-0.05, 0) is 30.0 Å². The molecule has 1 aromatic carbocycles. The Kier molecular flexibility index (Phi) is 6.33. The monoisotopic (exact) mass is 439 g/mol. The minimum absolute atomic E-state index is 0.0425. The number of aliphatic hydroxyl groups is 1. The van der Waals surface area contributed by atoms with Gasteiger partial charge >= 0.3 is 0 Å². The van der Waals surface area contributed by atoms with Crippen LogP contribution in [0.3, 0.4) is 0 Å². The van der Waals surface area contributed by atoms with E-state index < -0.39 is 17.7 Å². The molecule has 0 saturated carbocycles. The number of hydrogen-bond donors (Lipinski definition) is 1. The lowest BCUT2D eigenvalue weighted by atomic mass is 9.99. The van der Waals surface area contributed by atoms with Gasteiger partial charge in [0.1, 0.15) is 5.76 Å². The molecule has 8 heteroatoms. The molecule has 1 fully saturated rings. The van der Waals surface area contributed by atoms with E-state index in [1.807, 2.05) is 24.4 Å². The van der Waals surface area contributed by atoms with E-state index in [4.69, 9.17) is 27.9 Å². The molecule has 2 aromatic rings. The molecule has 0 spiro atoms. The standard InChI is InChI=1S/C20H19Cl2NO4S/c1-3-4-7-23-16(14-6-5-8-28-14)15(18(25)20(23)26)17(24)11-9-12(21)19(27-2)13(22)10-11/h5-6,8-10,16,24H,3-4,7H2,1-2H3/b17-15-. The molecule has 1 N–H and O–H groups in total. The van der Waals surface area contributed by atoms with E-state index in [0.717, 1.165) is 17.7 Å². The first-order valence-electron chi connectivity index (χ1n) is 8.75. The number of methoxy groups -OCH3 is 1. The number of aliphatic hydroxyl groups excluding tert-OH is 1. The highest BCUT2D eigenvalue weighted by Gasteiger charge is 2.46. The molecule has 1 unspecified atom stereocenters. The zero-order chi connectivity index (χ0) is 20.4. The molecule has 0 bridgehead atoms. The van der Waals surface area contributed by atoms with Gasteiger partial charge in [0.2, 0.25) is 0 Å². The van der Waals surface area contributed by atoms with E-state index in [9.17, 15) is 14.7 Å². The maximum atomic E-state index is 12.8. The summed E-state index contributed by atoms with van der Waals surface area (Å²) in [6.07, 6.45) is 1.64. The Hall–Kier alpha value is -2.02. The van der Waals surface area contributed by atoms with E-state index in [0.29, 0.717) is 6.54 Å². The van der Waals surface area contributed by atoms with Crippen LogP contribution in [0.2, 0.25) is 10.0 Å². The molecule has 0 aliphatic carbocycles. The van der Waals surface area contributed by atoms with Crippen LogP contribution in [0.25, 0.3) is 5.76 Å². The summed E-state index contributed by atoms with van der Waals surface area (Å²) in [6.45, 7) is 2.45. The predicted molar refractivity (Wildman–Crippen MR) is 111 cm³/mol. The number of ketones is 1. The van der Waals surface area contributed by atoms with Gasteiger partial charge in [-0.3, -0.25) is 9.59 Å². The zero-order valence-corrected chi connectivity index (χ0v) is 17.7. The van der Waals surface area contributed by atoms with Gasteiger partial charge in [0.05, 0.1) is 28.8 Å². The third kappa shape index (κ3) is 3.64. The summed E-state index contributed by atoms with van der Waals surface area (Å²) < 4.78 is 5.13. The highest BCUT2D eigenvalue weighted by molar-refractivity contribution is 7.10. The van der Waals surface area contributed by atoms with E-state index >= 15 is 0 Å². The molecule has 148 valence electrons. The Morgan fingerprint density at radius 3 is 2.50 bits per heavy atom. The van der Waals surface area contributed by atoms with Crippen molar-refractivity contribution in [3.05, 3.63) is 55.7 Å². The summed E-state index contributed by atoms with van der Waals surface area (Å²) in [7, 11) is 1.43. The first kappa shape index (κ1) is 20.7. The summed E-state index contributed by atoms with van der Waals surface area (Å²) in [6, 6.07) is 5.99. The van der Waals surface area contributed by atoms with Crippen LogP contribution in [0.15, 0.2) is 35.2 Å². The van der Waals surface area contributed by atoms with E-state index in [1.54, 1.807) is 0 Å². The first-order valence-corrected chi connectivity index (χ1v) is 10.4. The minimum Gasteiger partial charge on any atom is -0.507 e. The summed E-state index contributed by atoms with van der Waals surface area (Å²) >= 11 is 13.8. The molecular formula is C20H19Cl2NO4S. The van der Waals surface area contributed by atoms with Crippen LogP contribution in [0, 0.1) is 0 Å². The maximum Gasteiger partial charge on any atom is 0.295 e. The van der Waals surface area contributed by atoms with Gasteiger partial charge in [-0.2, -0.15) is 0 Å². The van der Waals surface area contributed by atoms with Crippen LogP contribution in [-0.4, -0.2) is 35.4 Å². The number of likely N-dealkylation sites (tertiary alicyclic amines) is 1. The molecule has 1 aromatic heterocycles. The van der Waals surface area contributed by atoms with Crippen LogP contribution in [-0.2, 0) is 9.59 Å². The normalized spacial score (nSPS) is 18.7. The number of Topliss-reactive ketones (excluding diaryl/α,β-unsaturated/α-hetero) is 1. The number of ether oxygens (including phenoxy) is 1. The van der Waals surface area contributed by atoms with Crippen molar-refractivity contribution < 1.29 is 19.4 Å². The van der Waals surface area contributed by atoms with Crippen molar-refractivity contribution in [2.45, 2.75) is 25.8 Å². The molecule has 0 radical (unpaired) electrons. The van der Waals surface area contributed by atoms with Crippen molar-refractivity contribution in [2.24, 2.45) is 0 Å². The van der Waals surface area contributed by atoms with Crippen molar-refractivity contribution in [2.75, 3.05) is 13.7 Å². The number of unbranched alkanes of at least 4 members (excludes halogenated alkanes) is 1. The number of hydrogen-bond acceptors (Lipinski definition) is 5. The lowest BCUT2D eigenvalue weighted by Gasteiger charge is -2.23. The van der Waals surface area contributed by atoms with Crippen molar-refractivity contribution in [1.29, 1.82) is 0 Å². The van der Waals surface area contributed by atoms with Crippen LogP contribution < -0.4 is 4.74 Å². The Morgan fingerprint density at radius 2 is 1.96 bits per heavy atom. The second kappa shape index (κ2) is 8.55. The maximum absolute atomic E-state index is 12.8. The fourth-order valence-electron chi connectivity index (χ4n) is 3.23. The Morgan fingerprint density at radius 1 is 1.29 bits per heavy atom. The van der Waals surface area contributed by atoms with Gasteiger partial charge in [0.25, 0.3) is 11.7 Å². The van der Waals surface area contributed by atoms with Gasteiger partial charge in [0.15, 0.2) is 5.75 Å². The molecule has 1 saturated heterocycles. The third-order valence-corrected chi connectivity index (χ3v) is 6.07. The third-order valence-electron chi connectivity index (χ3n) is 4.58. The molecule has 5 nitrogen and oxygen atoms in total. The largest absolute Gasteiger partial charge is 0.507 e. The highest BCUT2D eigenvalue weighted by atomic mass is 35.5. The summed E-state index contributed by atoms with van der Waals surface area (Å²) in [4.78, 5) is 27.8. The molecule has 3 rings (SSSR count). The van der Waals surface area contributed by atoms with Gasteiger partial charge in [-0.25, -0.2) is 0 Å². The quantitative estimate of drug-likeness (QED) is 0.377. The van der Waals surface area contributed by atoms with Crippen molar-refractivity contribution >= 4 is 52.0 Å². The number of nitrogens with zero attached hydrogens (tertiary/aromatic N) is 1. The average Bonchev–Trinajstić information content (AvgIpc) is 3.27. The molecule has 1 aliphatic heterocycles. The van der Waals surface area contributed by atoms with Gasteiger partial charge in [-0.15, -0.1) is 11.3 Å². The van der Waals surface area contributed by atoms with Crippen LogP contribution in [0.4, 0.5) is 0 Å². The number of benzene rings is 1. The summed E-state index contributed by atoms with van der Waals surface area (Å²) in [5, 5.41) is 13.2. The van der Waals surface area contributed by atoms with E-state index in [2.05, 4.69) is 0 Å². The van der Waals surface area contributed by atoms with Crippen molar-refractivity contribution in [3.63, 3.8) is 0 Å². The second-order valence-corrected chi connectivity index (χ2v) is 8.13. The van der Waals surface area contributed by atoms with Gasteiger partial charge < -0.3 is 14.7 Å². The molecule has 1 amide bonds. The number of amides is 1. The molecular weight excluding hydrogens is 421 g/mol. The minimum atomic E-state index is -0.713. The molecule has 1 atom stereocenters. The molecule has 28 heavy (non-hydrogen) atoms. The number of halogens is 2. The molecule has 2 heterocycles. The molecule has 1 aliphatic rings. The fraction of sp³-hybridized carbons (Fsp3) is 0.300. The second-order valence-electron chi connectivity index (χ2n) is 6.33. The first-order chi connectivity index (χ1) is 13.4. The van der Waals surface area contributed by atoms with E-state index in [-0.39, 0.29) is 32.7 Å². The van der Waals surface area contributed by atoms with Gasteiger partial charge in [0, 0.05) is 17.0 Å². The van der Waals surface area contributed by atoms with E-state index in [1.165, 1.54) is 35.5 Å². The fourth-order valence-corrected chi connectivity index (χ4v) is 4.72. The lowest BCUT2D eigenvalue weighted by Crippen LogP contribution is -2.30. The van der Waals surface area contributed by atoms with Crippen LogP contribution in [0.1, 0.15) is 36.2 Å². The zero-order valence-electron chi connectivity index (χ0n) is 15.4. The van der Waals surface area contributed by atoms with Crippen LogP contribution in [0.5, 0.6) is 5.75 Å². The Bertz CT molecular complexity index is 917. The predicted octanol–water partition coefficient (Wildman–Crippen LogP) is 5.29. The topological polar surface area (TPSA) is 66.8 Å². The SMILES string of the molecule is CCCCN1C(=O)C(=O)/C(=C(\O)c2cc(Cl)c(OC)c(Cl)c2)C1c1cccs1. The lowest BCUT2D eigenvalue weighted by molar-refractivity contribution is -0.139. The number of rotatable bonds is 6. The van der Waals surface area contributed by atoms with Crippen molar-refractivity contribution in [3.8, 4) is 5.75 Å². The average molecular weight is 440 g/mol. The summed E-state index contributed by atoms with van der Waals surface area (Å²) in [5.41, 5.74) is 0.298. The number of carbonyl (C=O) groups excluding carboxylic acids is 2. The Labute approximate surface area is 177 Å². The van der Waals surface area contributed by atoms with Gasteiger partial charge in [-0.1, -0.05) is 42.6 Å². The smallest absolute Gasteiger partial charge is 0.295 e. The highest BCUT2D eigenvalue weighted by Crippen LogP contribution is 2.43. The summed E-state index contributed by atoms with van der Waals surface area (Å²) in [5.74, 6) is -1.35. The Balaban J connectivity index is 2.16. The number of carbonyl (C=O) groups is 2.